The molecule has 0 saturated heterocycles. The highest BCUT2D eigenvalue weighted by atomic mass is 14.9. The molecule has 6 aliphatic rings. The number of aromatic nitrogens is 6. The predicted molar refractivity (Wildman–Crippen MR) is 437 cm³/mol. The lowest BCUT2D eigenvalue weighted by Crippen LogP contribution is -2.33. The fraction of sp³-hybridized carbons (Fsp3) is 0.340. The largest absolute Gasteiger partial charge is 0.216 e. The Kier molecular flexibility index (Phi) is 22.6. The maximum absolute atomic E-state index is 8.43. The molecule has 0 atom stereocenters. The minimum atomic E-state index is -1.52. The van der Waals surface area contributed by atoms with E-state index in [2.05, 4.69) is 275 Å². The lowest BCUT2D eigenvalue weighted by atomic mass is 9.88. The number of fused-ring (bicyclic) bond motifs is 6. The van der Waals surface area contributed by atoms with Gasteiger partial charge in [-0.15, -0.1) is 0 Å². The third-order valence-corrected chi connectivity index (χ3v) is 23.1. The summed E-state index contributed by atoms with van der Waals surface area (Å²) in [5, 5.41) is 0. The zero-order valence-electron chi connectivity index (χ0n) is 69.6. The monoisotopic (exact) mass is 1400 g/mol. The van der Waals surface area contributed by atoms with E-state index >= 15 is 0 Å². The van der Waals surface area contributed by atoms with E-state index < -0.39 is 12.7 Å². The summed E-state index contributed by atoms with van der Waals surface area (Å²) in [4.78, 5) is 0. The first-order valence-electron chi connectivity index (χ1n) is 41.5. The number of benzene rings is 6. The third kappa shape index (κ3) is 17.0. The Hall–Kier alpha value is -9.78. The van der Waals surface area contributed by atoms with Crippen LogP contribution in [0, 0.1) is 41.5 Å². The van der Waals surface area contributed by atoms with Crippen LogP contribution in [0.25, 0.3) is 67.5 Å². The molecule has 0 bridgehead atoms. The average Bonchev–Trinajstić information content (AvgIpc) is 0.935. The van der Waals surface area contributed by atoms with Crippen LogP contribution in [0.1, 0.15) is 170 Å². The van der Waals surface area contributed by atoms with Gasteiger partial charge in [0.15, 0.2) is 37.2 Å². The first-order chi connectivity index (χ1) is 53.0. The number of pyridine rings is 6. The van der Waals surface area contributed by atoms with Gasteiger partial charge in [0.2, 0.25) is 34.2 Å². The van der Waals surface area contributed by atoms with Crippen LogP contribution in [0.3, 0.4) is 0 Å². The van der Waals surface area contributed by atoms with E-state index in [9.17, 15) is 0 Å². The van der Waals surface area contributed by atoms with Crippen molar-refractivity contribution in [2.45, 2.75) is 183 Å². The van der Waals surface area contributed by atoms with Crippen LogP contribution in [-0.4, -0.2) is 0 Å². The number of hydrogen-bond donors (Lipinski definition) is 0. The molecule has 0 spiro atoms. The number of aryl methyl sites for hydroxylation is 21. The summed E-state index contributed by atoms with van der Waals surface area (Å²) >= 11 is 0. The van der Waals surface area contributed by atoms with Gasteiger partial charge in [-0.1, -0.05) is 109 Å². The van der Waals surface area contributed by atoms with Gasteiger partial charge in [-0.2, -0.15) is 0 Å². The van der Waals surface area contributed by atoms with E-state index in [1.165, 1.54) is 205 Å². The predicted octanol–water partition coefficient (Wildman–Crippen LogP) is 19.4. The molecule has 0 radical (unpaired) electrons. The normalized spacial score (nSPS) is 15.7. The lowest BCUT2D eigenvalue weighted by molar-refractivity contribution is -0.661. The van der Waals surface area contributed by atoms with Crippen LogP contribution in [0.4, 0.5) is 0 Å². The number of hydrogen-bond acceptors (Lipinski definition) is 0. The second-order valence-electron chi connectivity index (χ2n) is 30.7. The maximum atomic E-state index is 8.43. The highest BCUT2D eigenvalue weighted by Crippen LogP contribution is 2.36. The van der Waals surface area contributed by atoms with E-state index in [4.69, 9.17) is 5.48 Å². The standard InChI is InChI=1S/4C17H20N.2C16H18N/c2*1-13-7-3-6-10-16(13)17-11-14-8-4-5-9-15(14)12-18(17)2;2*1-13-7-3-5-9-15(13)17-16-10-6-4-8-14(16)11-12-18(17)2;1-12-6-3-4-9-15(12)16-10-13-7-5-8-14(13)11-17(16)2;1-12-6-3-4-8-14(12)16-15-9-5-7-13(15)10-11-17(16)2/h2*3,6-7,10-12H,4-5,8-9H2,1-2H3;2*3,5,7,9,11-12H,4,6,8,10H2,1-2H3;3-4,6,9-11H,5,7-8H2,1-2H3;3-4,6,8,10-11H,5,7,9H2,1-2H3/q6*+1/i;;8D2,10D2;;;. The molecule has 12 aromatic rings. The fourth-order valence-electron chi connectivity index (χ4n) is 17.2. The Morgan fingerprint density at radius 2 is 0.481 bits per heavy atom. The lowest BCUT2D eigenvalue weighted by Gasteiger charge is -2.17. The molecule has 6 aromatic carbocycles. The van der Waals surface area contributed by atoms with E-state index in [0.29, 0.717) is 11.1 Å². The van der Waals surface area contributed by atoms with Crippen LogP contribution in [-0.2, 0) is 119 Å². The number of nitrogens with zero attached hydrogens (tertiary/aromatic N) is 6. The summed E-state index contributed by atoms with van der Waals surface area (Å²) < 4.78 is 46.7. The number of rotatable bonds is 6. The molecule has 106 heavy (non-hydrogen) atoms. The van der Waals surface area contributed by atoms with E-state index in [1.807, 2.05) is 49.0 Å². The molecular weight excluding hydrogens is 1290 g/mol. The molecule has 0 amide bonds. The van der Waals surface area contributed by atoms with Gasteiger partial charge in [-0.25, -0.2) is 27.4 Å². The molecular formula is C100H116N6+6. The van der Waals surface area contributed by atoms with Crippen LogP contribution in [0.2, 0.25) is 0 Å². The van der Waals surface area contributed by atoms with Gasteiger partial charge in [-0.3, -0.25) is 0 Å². The molecule has 6 nitrogen and oxygen atoms in total. The molecule has 18 rings (SSSR count). The Morgan fingerprint density at radius 1 is 0.226 bits per heavy atom. The molecule has 0 saturated carbocycles. The molecule has 6 aromatic heterocycles. The van der Waals surface area contributed by atoms with Crippen molar-refractivity contribution in [1.29, 1.82) is 0 Å². The quantitative estimate of drug-likeness (QED) is 0.148. The fourth-order valence-corrected chi connectivity index (χ4v) is 17.2. The minimum Gasteiger partial charge on any atom is -0.201 e. The second-order valence-corrected chi connectivity index (χ2v) is 30.7. The highest BCUT2D eigenvalue weighted by molar-refractivity contribution is 5.69. The van der Waals surface area contributed by atoms with Crippen LogP contribution < -0.4 is 27.4 Å². The first kappa shape index (κ1) is 69.3. The second kappa shape index (κ2) is 34.6. The van der Waals surface area contributed by atoms with E-state index in [1.54, 1.807) is 56.1 Å². The van der Waals surface area contributed by atoms with Crippen molar-refractivity contribution in [3.05, 3.63) is 319 Å². The smallest absolute Gasteiger partial charge is 0.201 e. The molecule has 540 valence electrons. The Labute approximate surface area is 641 Å². The van der Waals surface area contributed by atoms with Gasteiger partial charge in [0, 0.05) is 109 Å². The molecule has 0 N–H and O–H groups in total. The van der Waals surface area contributed by atoms with Crippen molar-refractivity contribution in [2.75, 3.05) is 0 Å². The minimum absolute atomic E-state index is 0.204. The van der Waals surface area contributed by atoms with Crippen molar-refractivity contribution in [1.82, 2.24) is 0 Å². The van der Waals surface area contributed by atoms with Crippen molar-refractivity contribution in [3.8, 4) is 67.5 Å². The Balaban J connectivity index is 0.000000116. The van der Waals surface area contributed by atoms with E-state index in [0.717, 1.165) is 16.8 Å². The maximum Gasteiger partial charge on any atom is 0.216 e. The van der Waals surface area contributed by atoms with Crippen molar-refractivity contribution < 1.29 is 32.9 Å². The third-order valence-electron chi connectivity index (χ3n) is 23.1. The topological polar surface area (TPSA) is 23.3 Å². The van der Waals surface area contributed by atoms with Crippen LogP contribution >= 0.6 is 0 Å². The van der Waals surface area contributed by atoms with Gasteiger partial charge in [0.05, 0.1) is 0 Å². The zero-order chi connectivity index (χ0) is 77.4. The molecule has 0 aliphatic heterocycles. The molecule has 0 unspecified atom stereocenters. The van der Waals surface area contributed by atoms with Crippen LogP contribution in [0.15, 0.2) is 219 Å². The van der Waals surface area contributed by atoms with Crippen molar-refractivity contribution >= 4 is 0 Å². The summed E-state index contributed by atoms with van der Waals surface area (Å²) in [6.45, 7) is 13.0. The highest BCUT2D eigenvalue weighted by Gasteiger charge is 2.28. The SMILES string of the molecule is Cc1ccccc1-c1c2c(cc[n+]1C)CCC2.Cc1ccccc1-c1c2c(cc[n+]1C)CCCC2.Cc1ccccc1-c1cc2c(c[n+]1C)CCC2.Cc1ccccc1-c1cc2c(c[n+]1C)CCCC2.Cc1ccccc1-c1cc2c(c[n+]1C)CCCC2.[2H]C1([2H])CCC([2H])([2H])c2c1cc[n+](C)c2-c1ccccc1C. The average molecular weight is 1410 g/mol. The summed E-state index contributed by atoms with van der Waals surface area (Å²) in [6.07, 6.45) is 33.7. The molecule has 6 aliphatic carbocycles. The van der Waals surface area contributed by atoms with Gasteiger partial charge < -0.3 is 0 Å². The van der Waals surface area contributed by atoms with Gasteiger partial charge >= 0.3 is 0 Å². The Morgan fingerprint density at radius 3 is 0.849 bits per heavy atom. The molecule has 6 heterocycles. The summed E-state index contributed by atoms with van der Waals surface area (Å²) in [5.74, 6) is 0. The first-order valence-corrected chi connectivity index (χ1v) is 39.5. The summed E-state index contributed by atoms with van der Waals surface area (Å²) in [7, 11) is 12.7. The Bertz CT molecular complexity index is 5230. The van der Waals surface area contributed by atoms with Gasteiger partial charge in [0.1, 0.15) is 42.3 Å². The van der Waals surface area contributed by atoms with E-state index in [-0.39, 0.29) is 12.8 Å². The van der Waals surface area contributed by atoms with Crippen molar-refractivity contribution in [2.24, 2.45) is 42.3 Å². The van der Waals surface area contributed by atoms with Gasteiger partial charge in [0.25, 0.3) is 0 Å². The zero-order valence-corrected chi connectivity index (χ0v) is 65.6. The van der Waals surface area contributed by atoms with Crippen LogP contribution in [0.5, 0.6) is 0 Å². The molecule has 6 heteroatoms. The summed E-state index contributed by atoms with van der Waals surface area (Å²) in [6, 6.07) is 64.7. The van der Waals surface area contributed by atoms with Gasteiger partial charge in [-0.05, 0) is 286 Å². The summed E-state index contributed by atoms with van der Waals surface area (Å²) in [5.41, 5.74) is 39.8. The van der Waals surface area contributed by atoms with Crippen molar-refractivity contribution in [3.63, 3.8) is 0 Å². The molecule has 0 fully saturated rings.